The molecule has 1 amide bonds. The Balaban J connectivity index is 1.58. The number of carbonyl (C=O) groups is 1. The van der Waals surface area contributed by atoms with Crippen LogP contribution in [0.15, 0.2) is 48.7 Å². The van der Waals surface area contributed by atoms with Crippen LogP contribution in [0.3, 0.4) is 0 Å². The second kappa shape index (κ2) is 10.5. The van der Waals surface area contributed by atoms with E-state index in [-0.39, 0.29) is 5.91 Å². The molecular weight excluding hydrogens is 366 g/mol. The highest BCUT2D eigenvalue weighted by Gasteiger charge is 2.20. The van der Waals surface area contributed by atoms with E-state index in [2.05, 4.69) is 16.8 Å². The third kappa shape index (κ3) is 5.73. The number of nitrogens with zero attached hydrogens (tertiary/aromatic N) is 3. The van der Waals surface area contributed by atoms with Crippen molar-refractivity contribution in [3.05, 3.63) is 54.2 Å². The van der Waals surface area contributed by atoms with Crippen LogP contribution in [0, 0.1) is 0 Å². The van der Waals surface area contributed by atoms with Crippen LogP contribution in [0.25, 0.3) is 6.08 Å². The molecule has 0 saturated carbocycles. The Morgan fingerprint density at radius 1 is 1.07 bits per heavy atom. The number of amides is 1. The number of rotatable bonds is 8. The van der Waals surface area contributed by atoms with Gasteiger partial charge in [-0.15, -0.1) is 0 Å². The Kier molecular flexibility index (Phi) is 7.50. The summed E-state index contributed by atoms with van der Waals surface area (Å²) < 4.78 is 11.4. The van der Waals surface area contributed by atoms with Crippen LogP contribution < -0.4 is 14.4 Å². The van der Waals surface area contributed by atoms with Gasteiger partial charge >= 0.3 is 0 Å². The van der Waals surface area contributed by atoms with Gasteiger partial charge in [0.05, 0.1) is 13.2 Å². The number of piperazine rings is 1. The number of benzene rings is 1. The van der Waals surface area contributed by atoms with Gasteiger partial charge in [0.2, 0.25) is 5.91 Å². The van der Waals surface area contributed by atoms with Gasteiger partial charge in [-0.2, -0.15) is 0 Å². The number of carbonyl (C=O) groups excluding carboxylic acids is 1. The Morgan fingerprint density at radius 3 is 2.59 bits per heavy atom. The van der Waals surface area contributed by atoms with E-state index < -0.39 is 0 Å². The SMILES string of the molecule is CCCOc1ccc(/C=C/C(=O)N2CCN(c3ccccn3)CC2)cc1OCC. The third-order valence-electron chi connectivity index (χ3n) is 4.71. The highest BCUT2D eigenvalue weighted by Crippen LogP contribution is 2.29. The molecule has 0 atom stereocenters. The summed E-state index contributed by atoms with van der Waals surface area (Å²) in [6, 6.07) is 11.6. The van der Waals surface area contributed by atoms with Crippen LogP contribution in [-0.2, 0) is 4.79 Å². The van der Waals surface area contributed by atoms with Crippen LogP contribution in [-0.4, -0.2) is 55.2 Å². The molecular formula is C23H29N3O3. The number of ether oxygens (including phenoxy) is 2. The summed E-state index contributed by atoms with van der Waals surface area (Å²) in [7, 11) is 0. The first kappa shape index (κ1) is 20.7. The van der Waals surface area contributed by atoms with Gasteiger partial charge < -0.3 is 19.3 Å². The molecule has 0 N–H and O–H groups in total. The Morgan fingerprint density at radius 2 is 1.90 bits per heavy atom. The van der Waals surface area contributed by atoms with Crippen molar-refractivity contribution >= 4 is 17.8 Å². The van der Waals surface area contributed by atoms with Crippen LogP contribution in [0.1, 0.15) is 25.8 Å². The Bertz CT molecular complexity index is 815. The number of aromatic nitrogens is 1. The topological polar surface area (TPSA) is 54.9 Å². The lowest BCUT2D eigenvalue weighted by atomic mass is 10.1. The summed E-state index contributed by atoms with van der Waals surface area (Å²) >= 11 is 0. The van der Waals surface area contributed by atoms with E-state index >= 15 is 0 Å². The zero-order chi connectivity index (χ0) is 20.5. The number of pyridine rings is 1. The minimum Gasteiger partial charge on any atom is -0.490 e. The molecule has 0 unspecified atom stereocenters. The highest BCUT2D eigenvalue weighted by atomic mass is 16.5. The lowest BCUT2D eigenvalue weighted by Gasteiger charge is -2.34. The molecule has 2 heterocycles. The van der Waals surface area contributed by atoms with E-state index in [1.807, 2.05) is 54.3 Å². The fourth-order valence-corrected chi connectivity index (χ4v) is 3.20. The number of hydrogen-bond donors (Lipinski definition) is 0. The van der Waals surface area contributed by atoms with E-state index in [1.165, 1.54) is 0 Å². The Labute approximate surface area is 172 Å². The molecule has 1 aliphatic heterocycles. The zero-order valence-electron chi connectivity index (χ0n) is 17.2. The molecule has 3 rings (SSSR count). The molecule has 1 aromatic carbocycles. The van der Waals surface area contributed by atoms with Crippen molar-refractivity contribution in [1.29, 1.82) is 0 Å². The van der Waals surface area contributed by atoms with Crippen molar-refractivity contribution in [2.24, 2.45) is 0 Å². The summed E-state index contributed by atoms with van der Waals surface area (Å²) in [5, 5.41) is 0. The predicted molar refractivity (Wildman–Crippen MR) is 115 cm³/mol. The molecule has 6 nitrogen and oxygen atoms in total. The smallest absolute Gasteiger partial charge is 0.246 e. The lowest BCUT2D eigenvalue weighted by Crippen LogP contribution is -2.48. The first-order valence-corrected chi connectivity index (χ1v) is 10.2. The second-order valence-corrected chi connectivity index (χ2v) is 6.82. The average Bonchev–Trinajstić information content (AvgIpc) is 2.78. The van der Waals surface area contributed by atoms with Gasteiger partial charge in [-0.1, -0.05) is 19.1 Å². The molecule has 1 aliphatic rings. The molecule has 1 saturated heterocycles. The molecule has 29 heavy (non-hydrogen) atoms. The summed E-state index contributed by atoms with van der Waals surface area (Å²) in [5.41, 5.74) is 0.915. The minimum atomic E-state index is 0.0231. The standard InChI is InChI=1S/C23H29N3O3/c1-3-17-29-20-10-8-19(18-21(20)28-4-2)9-11-23(27)26-15-13-25(14-16-26)22-7-5-6-12-24-22/h5-12,18H,3-4,13-17H2,1-2H3/b11-9+. The third-order valence-corrected chi connectivity index (χ3v) is 4.71. The van der Waals surface area contributed by atoms with E-state index in [0.29, 0.717) is 32.1 Å². The molecule has 0 aliphatic carbocycles. The monoisotopic (exact) mass is 395 g/mol. The van der Waals surface area contributed by atoms with Gasteiger partial charge in [0.1, 0.15) is 5.82 Å². The van der Waals surface area contributed by atoms with Crippen LogP contribution >= 0.6 is 0 Å². The first-order valence-electron chi connectivity index (χ1n) is 10.2. The lowest BCUT2D eigenvalue weighted by molar-refractivity contribution is -0.126. The van der Waals surface area contributed by atoms with Gasteiger partial charge in [0, 0.05) is 38.5 Å². The fourth-order valence-electron chi connectivity index (χ4n) is 3.20. The molecule has 0 bridgehead atoms. The van der Waals surface area contributed by atoms with Crippen LogP contribution in [0.4, 0.5) is 5.82 Å². The maximum absolute atomic E-state index is 12.6. The second-order valence-electron chi connectivity index (χ2n) is 6.82. The fraction of sp³-hybridized carbons (Fsp3) is 0.391. The Hall–Kier alpha value is -3.02. The minimum absolute atomic E-state index is 0.0231. The molecule has 2 aromatic rings. The molecule has 1 aromatic heterocycles. The van der Waals surface area contributed by atoms with E-state index in [4.69, 9.17) is 9.47 Å². The number of hydrogen-bond acceptors (Lipinski definition) is 5. The van der Waals surface area contributed by atoms with Crippen molar-refractivity contribution in [2.75, 3.05) is 44.3 Å². The van der Waals surface area contributed by atoms with Crippen LogP contribution in [0.2, 0.25) is 0 Å². The van der Waals surface area contributed by atoms with Crippen molar-refractivity contribution in [1.82, 2.24) is 9.88 Å². The van der Waals surface area contributed by atoms with E-state index in [9.17, 15) is 4.79 Å². The van der Waals surface area contributed by atoms with Gasteiger partial charge in [0.25, 0.3) is 0 Å². The van der Waals surface area contributed by atoms with Gasteiger partial charge in [0.15, 0.2) is 11.5 Å². The normalized spacial score (nSPS) is 14.3. The maximum atomic E-state index is 12.6. The average molecular weight is 396 g/mol. The van der Waals surface area contributed by atoms with Crippen molar-refractivity contribution in [2.45, 2.75) is 20.3 Å². The van der Waals surface area contributed by atoms with Crippen molar-refractivity contribution in [3.63, 3.8) is 0 Å². The van der Waals surface area contributed by atoms with Crippen LogP contribution in [0.5, 0.6) is 11.5 Å². The van der Waals surface area contributed by atoms with Gasteiger partial charge in [-0.25, -0.2) is 4.98 Å². The van der Waals surface area contributed by atoms with Crippen molar-refractivity contribution < 1.29 is 14.3 Å². The highest BCUT2D eigenvalue weighted by molar-refractivity contribution is 5.92. The molecule has 1 fully saturated rings. The summed E-state index contributed by atoms with van der Waals surface area (Å²) in [6.07, 6.45) is 6.20. The largest absolute Gasteiger partial charge is 0.490 e. The molecule has 6 heteroatoms. The summed E-state index contributed by atoms with van der Waals surface area (Å²) in [5.74, 6) is 2.43. The first-order chi connectivity index (χ1) is 14.2. The van der Waals surface area contributed by atoms with E-state index in [1.54, 1.807) is 12.3 Å². The maximum Gasteiger partial charge on any atom is 0.246 e. The summed E-state index contributed by atoms with van der Waals surface area (Å²) in [4.78, 5) is 21.0. The van der Waals surface area contributed by atoms with Crippen molar-refractivity contribution in [3.8, 4) is 11.5 Å². The van der Waals surface area contributed by atoms with Gasteiger partial charge in [-0.05, 0) is 49.2 Å². The predicted octanol–water partition coefficient (Wildman–Crippen LogP) is 3.63. The van der Waals surface area contributed by atoms with E-state index in [0.717, 1.165) is 36.6 Å². The van der Waals surface area contributed by atoms with Gasteiger partial charge in [-0.3, -0.25) is 4.79 Å². The number of anilines is 1. The quantitative estimate of drug-likeness (QED) is 0.639. The molecule has 0 spiro atoms. The molecule has 0 radical (unpaired) electrons. The molecule has 154 valence electrons. The zero-order valence-corrected chi connectivity index (χ0v) is 17.2. The summed E-state index contributed by atoms with van der Waals surface area (Å²) in [6.45, 7) is 8.18.